The summed E-state index contributed by atoms with van der Waals surface area (Å²) < 4.78 is 5.61. The van der Waals surface area contributed by atoms with E-state index in [2.05, 4.69) is 64.9 Å². The fourth-order valence-electron chi connectivity index (χ4n) is 7.35. The third kappa shape index (κ3) is 4.65. The van der Waals surface area contributed by atoms with Crippen molar-refractivity contribution in [1.29, 1.82) is 0 Å². The van der Waals surface area contributed by atoms with Crippen molar-refractivity contribution in [3.05, 3.63) is 59.2 Å². The predicted octanol–water partition coefficient (Wildman–Crippen LogP) is 5.85. The minimum Gasteiger partial charge on any atom is -0.378 e. The summed E-state index contributed by atoms with van der Waals surface area (Å²) >= 11 is 0. The van der Waals surface area contributed by atoms with Crippen LogP contribution in [0.1, 0.15) is 80.9 Å². The first kappa shape index (κ1) is 24.8. The molecule has 4 aliphatic rings. The van der Waals surface area contributed by atoms with Crippen LogP contribution in [-0.2, 0) is 20.4 Å². The van der Waals surface area contributed by atoms with Crippen LogP contribution in [-0.4, -0.2) is 44.8 Å². The van der Waals surface area contributed by atoms with Crippen LogP contribution in [0.5, 0.6) is 0 Å². The lowest BCUT2D eigenvalue weighted by molar-refractivity contribution is -0.123. The zero-order chi connectivity index (χ0) is 25.3. The van der Waals surface area contributed by atoms with E-state index >= 15 is 0 Å². The molecule has 2 aliphatic heterocycles. The summed E-state index contributed by atoms with van der Waals surface area (Å²) in [6, 6.07) is 15.3. The number of carbonyl (C=O) groups is 1. The zero-order valence-electron chi connectivity index (χ0n) is 22.5. The Hall–Kier alpha value is -2.53. The Morgan fingerprint density at radius 2 is 1.59 bits per heavy atom. The number of hydrogen-bond donors (Lipinski definition) is 2. The van der Waals surface area contributed by atoms with Crippen LogP contribution >= 0.6 is 0 Å². The van der Waals surface area contributed by atoms with Gasteiger partial charge in [0.05, 0.1) is 13.2 Å². The van der Waals surface area contributed by atoms with E-state index in [1.54, 1.807) is 0 Å². The number of nitrogens with one attached hydrogen (secondary N) is 2. The highest BCUT2D eigenvalue weighted by atomic mass is 16.5. The molecule has 5 heteroatoms. The molecule has 37 heavy (non-hydrogen) atoms. The van der Waals surface area contributed by atoms with Crippen LogP contribution in [0, 0.1) is 6.92 Å². The van der Waals surface area contributed by atoms with Crippen LogP contribution in [0.15, 0.2) is 42.5 Å². The van der Waals surface area contributed by atoms with Gasteiger partial charge in [-0.15, -0.1) is 0 Å². The molecule has 2 aliphatic carbocycles. The second-order valence-electron chi connectivity index (χ2n) is 12.0. The van der Waals surface area contributed by atoms with Crippen molar-refractivity contribution in [2.24, 2.45) is 0 Å². The highest BCUT2D eigenvalue weighted by molar-refractivity contribution is 5.91. The van der Waals surface area contributed by atoms with Crippen LogP contribution in [0.3, 0.4) is 0 Å². The first-order chi connectivity index (χ1) is 18.1. The Labute approximate surface area is 222 Å². The van der Waals surface area contributed by atoms with Gasteiger partial charge in [-0.25, -0.2) is 0 Å². The minimum absolute atomic E-state index is 0.0531. The van der Waals surface area contributed by atoms with E-state index in [1.807, 2.05) is 0 Å². The number of morpholine rings is 1. The number of para-hydroxylation sites is 2. The van der Waals surface area contributed by atoms with Crippen LogP contribution in [0.25, 0.3) is 0 Å². The number of rotatable bonds is 5. The van der Waals surface area contributed by atoms with E-state index in [0.29, 0.717) is 0 Å². The normalized spacial score (nSPS) is 24.4. The molecule has 1 amide bonds. The Morgan fingerprint density at radius 1 is 0.919 bits per heavy atom. The Kier molecular flexibility index (Phi) is 6.91. The van der Waals surface area contributed by atoms with Crippen molar-refractivity contribution in [1.82, 2.24) is 5.32 Å². The molecule has 198 valence electrons. The maximum Gasteiger partial charge on any atom is 0.243 e. The molecule has 0 aromatic heterocycles. The third-order valence-electron chi connectivity index (χ3n) is 9.69. The third-order valence-corrected chi connectivity index (χ3v) is 9.69. The smallest absolute Gasteiger partial charge is 0.243 e. The average Bonchev–Trinajstić information content (AvgIpc) is 3.63. The van der Waals surface area contributed by atoms with E-state index in [0.717, 1.165) is 58.5 Å². The maximum absolute atomic E-state index is 14.1. The summed E-state index contributed by atoms with van der Waals surface area (Å²) in [5.74, 6) is 0.185. The molecule has 2 N–H and O–H groups in total. The molecular formula is C32H43N3O2. The van der Waals surface area contributed by atoms with Crippen LogP contribution < -0.4 is 15.5 Å². The number of nitrogens with zero attached hydrogens (tertiary/aromatic N) is 1. The minimum atomic E-state index is -0.188. The first-order valence-corrected chi connectivity index (χ1v) is 14.7. The van der Waals surface area contributed by atoms with E-state index < -0.39 is 0 Å². The van der Waals surface area contributed by atoms with Gasteiger partial charge in [-0.05, 0) is 55.4 Å². The lowest BCUT2D eigenvalue weighted by atomic mass is 9.69. The van der Waals surface area contributed by atoms with E-state index in [9.17, 15) is 4.79 Å². The average molecular weight is 502 g/mol. The Balaban J connectivity index is 1.24. The molecule has 3 fully saturated rings. The number of ether oxygens (including phenoxy) is 1. The van der Waals surface area contributed by atoms with Gasteiger partial charge in [-0.2, -0.15) is 0 Å². The van der Waals surface area contributed by atoms with Gasteiger partial charge in [0.1, 0.15) is 6.04 Å². The van der Waals surface area contributed by atoms with Crippen LogP contribution in [0.2, 0.25) is 0 Å². The number of benzene rings is 2. The summed E-state index contributed by atoms with van der Waals surface area (Å²) in [4.78, 5) is 16.5. The second kappa shape index (κ2) is 10.3. The molecule has 1 saturated heterocycles. The first-order valence-electron chi connectivity index (χ1n) is 14.7. The summed E-state index contributed by atoms with van der Waals surface area (Å²) in [5, 5.41) is 7.25. The zero-order valence-corrected chi connectivity index (χ0v) is 22.5. The predicted molar refractivity (Wildman–Crippen MR) is 151 cm³/mol. The molecule has 6 rings (SSSR count). The summed E-state index contributed by atoms with van der Waals surface area (Å²) in [7, 11) is 0. The standard InChI is InChI=1S/C32H43N3O2/c1-24-11-10-13-26-28(24)34-29(32(26)15-8-4-2-3-5-9-16-32)30(36)33-23-31(17-18-31)25-12-6-7-14-27(25)35-19-21-37-22-20-35/h6-7,10-14,29,34H,2-5,8-9,15-23H2,1H3,(H,33,36). The van der Waals surface area contributed by atoms with Gasteiger partial charge in [0.15, 0.2) is 0 Å². The number of hydrogen-bond acceptors (Lipinski definition) is 4. The van der Waals surface area contributed by atoms with Gasteiger partial charge >= 0.3 is 0 Å². The van der Waals surface area contributed by atoms with E-state index in [4.69, 9.17) is 4.74 Å². The monoisotopic (exact) mass is 501 g/mol. The summed E-state index contributed by atoms with van der Waals surface area (Å²) in [6.45, 7) is 6.34. The molecule has 2 saturated carbocycles. The van der Waals surface area contributed by atoms with Crippen molar-refractivity contribution < 1.29 is 9.53 Å². The largest absolute Gasteiger partial charge is 0.378 e. The molecular weight excluding hydrogens is 458 g/mol. The molecule has 0 radical (unpaired) electrons. The lowest BCUT2D eigenvalue weighted by Gasteiger charge is -2.36. The molecule has 2 aromatic rings. The van der Waals surface area contributed by atoms with Crippen molar-refractivity contribution in [2.45, 2.75) is 88.0 Å². The molecule has 1 unspecified atom stereocenters. The number of fused-ring (bicyclic) bond motifs is 2. The number of anilines is 2. The molecule has 1 atom stereocenters. The van der Waals surface area contributed by atoms with E-state index in [1.165, 1.54) is 66.6 Å². The van der Waals surface area contributed by atoms with Gasteiger partial charge < -0.3 is 20.3 Å². The fraction of sp³-hybridized carbons (Fsp3) is 0.594. The molecule has 2 aromatic carbocycles. The van der Waals surface area contributed by atoms with Gasteiger partial charge in [-0.3, -0.25) is 4.79 Å². The van der Waals surface area contributed by atoms with E-state index in [-0.39, 0.29) is 22.8 Å². The highest BCUT2D eigenvalue weighted by Gasteiger charge is 2.51. The van der Waals surface area contributed by atoms with Crippen molar-refractivity contribution >= 4 is 17.3 Å². The second-order valence-corrected chi connectivity index (χ2v) is 12.0. The van der Waals surface area contributed by atoms with Crippen LogP contribution in [0.4, 0.5) is 11.4 Å². The van der Waals surface area contributed by atoms with Crippen molar-refractivity contribution in [2.75, 3.05) is 43.1 Å². The molecule has 1 spiro atoms. The molecule has 2 heterocycles. The van der Waals surface area contributed by atoms with Gasteiger partial charge in [-0.1, -0.05) is 74.9 Å². The fourth-order valence-corrected chi connectivity index (χ4v) is 7.35. The topological polar surface area (TPSA) is 53.6 Å². The van der Waals surface area contributed by atoms with Gasteiger partial charge in [0.25, 0.3) is 0 Å². The number of carbonyl (C=O) groups excluding carboxylic acids is 1. The number of amides is 1. The summed E-state index contributed by atoms with van der Waals surface area (Å²) in [6.07, 6.45) is 12.1. The highest BCUT2D eigenvalue weighted by Crippen LogP contribution is 2.52. The van der Waals surface area contributed by atoms with Crippen molar-refractivity contribution in [3.8, 4) is 0 Å². The Morgan fingerprint density at radius 3 is 2.32 bits per heavy atom. The number of aryl methyl sites for hydroxylation is 1. The lowest BCUT2D eigenvalue weighted by Crippen LogP contribution is -2.51. The molecule has 5 nitrogen and oxygen atoms in total. The maximum atomic E-state index is 14.1. The summed E-state index contributed by atoms with van der Waals surface area (Å²) in [5.41, 5.74) is 6.52. The van der Waals surface area contributed by atoms with Gasteiger partial charge in [0.2, 0.25) is 5.91 Å². The van der Waals surface area contributed by atoms with Crippen molar-refractivity contribution in [3.63, 3.8) is 0 Å². The molecule has 0 bridgehead atoms. The SMILES string of the molecule is Cc1cccc2c1NC(C(=O)NCC1(c3ccccc3N3CCOCC3)CC1)C21CCCCCCCC1. The van der Waals surface area contributed by atoms with Gasteiger partial charge in [0, 0.05) is 41.8 Å². The Bertz CT molecular complexity index is 1110. The quantitative estimate of drug-likeness (QED) is 0.540.